The van der Waals surface area contributed by atoms with E-state index in [1.165, 1.54) is 12.1 Å². The van der Waals surface area contributed by atoms with Crippen molar-refractivity contribution in [1.29, 1.82) is 0 Å². The largest absolute Gasteiger partial charge is 0.508 e. The van der Waals surface area contributed by atoms with Crippen LogP contribution in [0.2, 0.25) is 5.02 Å². The van der Waals surface area contributed by atoms with Gasteiger partial charge in [0, 0.05) is 22.8 Å². The van der Waals surface area contributed by atoms with E-state index in [1.54, 1.807) is 6.07 Å². The minimum absolute atomic E-state index is 0.0448. The molecular formula is C21H23ClN2O4. The molecule has 0 saturated heterocycles. The molecule has 0 bridgehead atoms. The van der Waals surface area contributed by atoms with Crippen molar-refractivity contribution < 1.29 is 19.4 Å². The van der Waals surface area contributed by atoms with Crippen LogP contribution in [0.1, 0.15) is 24.5 Å². The van der Waals surface area contributed by atoms with Gasteiger partial charge in [-0.2, -0.15) is 0 Å². The summed E-state index contributed by atoms with van der Waals surface area (Å²) in [5, 5.41) is 12.7. The molecule has 1 fully saturated rings. The molecule has 1 saturated carbocycles. The number of carbonyl (C=O) groups excluding carboxylic acids is 2. The highest BCUT2D eigenvalue weighted by atomic mass is 35.5. The zero-order chi connectivity index (χ0) is 20.3. The van der Waals surface area contributed by atoms with Crippen molar-refractivity contribution >= 4 is 23.6 Å². The molecule has 0 spiro atoms. The Morgan fingerprint density at radius 3 is 2.68 bits per heavy atom. The summed E-state index contributed by atoms with van der Waals surface area (Å²) in [6, 6.07) is 14.5. The second kappa shape index (κ2) is 8.10. The summed E-state index contributed by atoms with van der Waals surface area (Å²) in [6.07, 6.45) is -0.545. The Bertz CT molecular complexity index is 874. The fraction of sp³-hybridized carbons (Fsp3) is 0.333. The number of aromatic hydroxyl groups is 1. The molecule has 2 amide bonds. The average molecular weight is 403 g/mol. The van der Waals surface area contributed by atoms with E-state index < -0.39 is 12.2 Å². The average Bonchev–Trinajstić information content (AvgIpc) is 3.35. The standard InChI is InChI=1S/C21H23ClN2O4/c1-21(14-5-3-2-4-6-14)11-17(21)19(26)24-12-16(28-20(23)27)9-13-7-8-15(25)10-18(13)22/h2-8,10,16-17,25H,9,11-12H2,1H3,(H2,23,27)(H,24,26)/t16-,17-,21-/m0/s1. The molecule has 3 atom stereocenters. The van der Waals surface area contributed by atoms with Crippen molar-refractivity contribution in [2.75, 3.05) is 6.54 Å². The third-order valence-electron chi connectivity index (χ3n) is 5.26. The molecule has 0 unspecified atom stereocenters. The van der Waals surface area contributed by atoms with Crippen molar-refractivity contribution in [2.24, 2.45) is 11.7 Å². The van der Waals surface area contributed by atoms with Crippen LogP contribution in [0.25, 0.3) is 0 Å². The van der Waals surface area contributed by atoms with Crippen molar-refractivity contribution in [3.63, 3.8) is 0 Å². The summed E-state index contributed by atoms with van der Waals surface area (Å²) < 4.78 is 5.13. The highest BCUT2D eigenvalue weighted by molar-refractivity contribution is 6.31. The zero-order valence-electron chi connectivity index (χ0n) is 15.5. The normalized spacial score (nSPS) is 21.6. The Labute approximate surface area is 168 Å². The lowest BCUT2D eigenvalue weighted by molar-refractivity contribution is -0.123. The maximum absolute atomic E-state index is 12.6. The summed E-state index contributed by atoms with van der Waals surface area (Å²) in [4.78, 5) is 23.8. The smallest absolute Gasteiger partial charge is 0.404 e. The van der Waals surface area contributed by atoms with Gasteiger partial charge in [0.15, 0.2) is 0 Å². The first-order valence-corrected chi connectivity index (χ1v) is 9.44. The van der Waals surface area contributed by atoms with Gasteiger partial charge in [-0.25, -0.2) is 4.79 Å². The van der Waals surface area contributed by atoms with Gasteiger partial charge in [0.1, 0.15) is 11.9 Å². The minimum Gasteiger partial charge on any atom is -0.508 e. The number of amides is 2. The lowest BCUT2D eigenvalue weighted by atomic mass is 9.95. The Morgan fingerprint density at radius 1 is 1.32 bits per heavy atom. The number of hydrogen-bond donors (Lipinski definition) is 3. The molecule has 0 radical (unpaired) electrons. The maximum atomic E-state index is 12.6. The van der Waals surface area contributed by atoms with Crippen LogP contribution in [0.4, 0.5) is 4.79 Å². The van der Waals surface area contributed by atoms with E-state index in [4.69, 9.17) is 22.1 Å². The Kier molecular flexibility index (Phi) is 5.79. The van der Waals surface area contributed by atoms with E-state index in [-0.39, 0.29) is 36.0 Å². The molecule has 0 aliphatic heterocycles. The first-order valence-electron chi connectivity index (χ1n) is 9.06. The van der Waals surface area contributed by atoms with Crippen molar-refractivity contribution in [3.05, 3.63) is 64.7 Å². The second-order valence-electron chi connectivity index (χ2n) is 7.32. The summed E-state index contributed by atoms with van der Waals surface area (Å²) >= 11 is 6.12. The number of rotatable bonds is 7. The van der Waals surface area contributed by atoms with Crippen LogP contribution in [-0.4, -0.2) is 29.8 Å². The van der Waals surface area contributed by atoms with Gasteiger partial charge in [-0.15, -0.1) is 0 Å². The minimum atomic E-state index is -0.922. The highest BCUT2D eigenvalue weighted by Gasteiger charge is 2.55. The molecule has 148 valence electrons. The number of benzene rings is 2. The molecular weight excluding hydrogens is 380 g/mol. The molecule has 3 rings (SSSR count). The summed E-state index contributed by atoms with van der Waals surface area (Å²) in [5.41, 5.74) is 6.80. The topological polar surface area (TPSA) is 102 Å². The van der Waals surface area contributed by atoms with Gasteiger partial charge >= 0.3 is 6.09 Å². The van der Waals surface area contributed by atoms with Crippen LogP contribution in [0, 0.1) is 5.92 Å². The number of carbonyl (C=O) groups is 2. The van der Waals surface area contributed by atoms with E-state index in [0.29, 0.717) is 10.6 Å². The number of halogens is 1. The van der Waals surface area contributed by atoms with Gasteiger partial charge in [0.2, 0.25) is 5.91 Å². The van der Waals surface area contributed by atoms with Crippen LogP contribution in [0.15, 0.2) is 48.5 Å². The third kappa shape index (κ3) is 4.57. The molecule has 2 aromatic rings. The molecule has 28 heavy (non-hydrogen) atoms. The number of nitrogens with one attached hydrogen (secondary N) is 1. The first-order chi connectivity index (χ1) is 13.3. The van der Waals surface area contributed by atoms with Crippen LogP contribution >= 0.6 is 11.6 Å². The maximum Gasteiger partial charge on any atom is 0.404 e. The van der Waals surface area contributed by atoms with Crippen LogP contribution in [0.5, 0.6) is 5.75 Å². The number of hydrogen-bond acceptors (Lipinski definition) is 4. The Balaban J connectivity index is 1.61. The summed E-state index contributed by atoms with van der Waals surface area (Å²) in [6.45, 7) is 2.19. The molecule has 1 aliphatic rings. The van der Waals surface area contributed by atoms with E-state index >= 15 is 0 Å². The number of phenolic OH excluding ortho intramolecular Hbond substituents is 1. The Morgan fingerprint density at radius 2 is 2.04 bits per heavy atom. The predicted molar refractivity (Wildman–Crippen MR) is 106 cm³/mol. The monoisotopic (exact) mass is 402 g/mol. The second-order valence-corrected chi connectivity index (χ2v) is 7.73. The lowest BCUT2D eigenvalue weighted by Crippen LogP contribution is -2.38. The highest BCUT2D eigenvalue weighted by Crippen LogP contribution is 2.53. The van der Waals surface area contributed by atoms with Crippen molar-refractivity contribution in [3.8, 4) is 5.75 Å². The number of phenols is 1. The SMILES string of the molecule is C[C@@]1(c2ccccc2)C[C@H]1C(=O)NC[C@H](Cc1ccc(O)cc1Cl)OC(N)=O. The quantitative estimate of drug-likeness (QED) is 0.662. The van der Waals surface area contributed by atoms with Gasteiger partial charge < -0.3 is 20.9 Å². The van der Waals surface area contributed by atoms with Gasteiger partial charge in [-0.1, -0.05) is 54.9 Å². The van der Waals surface area contributed by atoms with Gasteiger partial charge in [0.05, 0.1) is 6.54 Å². The van der Waals surface area contributed by atoms with E-state index in [9.17, 15) is 14.7 Å². The van der Waals surface area contributed by atoms with Gasteiger partial charge in [0.25, 0.3) is 0 Å². The predicted octanol–water partition coefficient (Wildman–Crippen LogP) is 3.15. The molecule has 7 heteroatoms. The first kappa shape index (κ1) is 20.0. The molecule has 0 aromatic heterocycles. The Hall–Kier alpha value is -2.73. The number of nitrogens with two attached hydrogens (primary N) is 1. The summed E-state index contributed by atoms with van der Waals surface area (Å²) in [5.74, 6) is -0.161. The lowest BCUT2D eigenvalue weighted by Gasteiger charge is -2.19. The van der Waals surface area contributed by atoms with Gasteiger partial charge in [-0.05, 0) is 29.7 Å². The molecule has 2 aromatic carbocycles. The molecule has 0 heterocycles. The fourth-order valence-electron chi connectivity index (χ4n) is 3.49. The third-order valence-corrected chi connectivity index (χ3v) is 5.61. The number of ether oxygens (including phenoxy) is 1. The van der Waals surface area contributed by atoms with Crippen LogP contribution in [0.3, 0.4) is 0 Å². The fourth-order valence-corrected chi connectivity index (χ4v) is 3.74. The zero-order valence-corrected chi connectivity index (χ0v) is 16.3. The molecule has 1 aliphatic carbocycles. The van der Waals surface area contributed by atoms with Crippen LogP contribution in [-0.2, 0) is 21.4 Å². The van der Waals surface area contributed by atoms with Crippen molar-refractivity contribution in [2.45, 2.75) is 31.3 Å². The van der Waals surface area contributed by atoms with E-state index in [2.05, 4.69) is 12.2 Å². The summed E-state index contributed by atoms with van der Waals surface area (Å²) in [7, 11) is 0. The van der Waals surface area contributed by atoms with Crippen molar-refractivity contribution in [1.82, 2.24) is 5.32 Å². The van der Waals surface area contributed by atoms with E-state index in [1.807, 2.05) is 30.3 Å². The van der Waals surface area contributed by atoms with Gasteiger partial charge in [-0.3, -0.25) is 4.79 Å². The van der Waals surface area contributed by atoms with E-state index in [0.717, 1.165) is 12.0 Å². The molecule has 6 nitrogen and oxygen atoms in total. The van der Waals surface area contributed by atoms with Crippen LogP contribution < -0.4 is 11.1 Å². The molecule has 4 N–H and O–H groups in total. The number of primary amides is 1.